The van der Waals surface area contributed by atoms with Crippen LogP contribution in [0.25, 0.3) is 0 Å². The first-order valence-corrected chi connectivity index (χ1v) is 7.09. The van der Waals surface area contributed by atoms with Crippen molar-refractivity contribution in [1.82, 2.24) is 9.97 Å². The van der Waals surface area contributed by atoms with Crippen molar-refractivity contribution in [2.75, 3.05) is 18.5 Å². The molecule has 112 valence electrons. The number of aromatic nitrogens is 2. The summed E-state index contributed by atoms with van der Waals surface area (Å²) in [6, 6.07) is 9.63. The van der Waals surface area contributed by atoms with Crippen molar-refractivity contribution in [3.05, 3.63) is 47.9 Å². The van der Waals surface area contributed by atoms with Crippen LogP contribution in [0.15, 0.2) is 36.7 Å². The summed E-state index contributed by atoms with van der Waals surface area (Å²) in [6.45, 7) is 4.68. The summed E-state index contributed by atoms with van der Waals surface area (Å²) in [5, 5.41) is 13.0. The summed E-state index contributed by atoms with van der Waals surface area (Å²) in [7, 11) is 0. The molecule has 2 rings (SSSR count). The van der Waals surface area contributed by atoms with E-state index in [4.69, 9.17) is 4.74 Å². The second-order valence-corrected chi connectivity index (χ2v) is 4.91. The van der Waals surface area contributed by atoms with Crippen LogP contribution in [-0.2, 0) is 6.42 Å². The average molecular weight is 287 g/mol. The molecule has 2 aromatic rings. The molecular formula is C16H21N3O2. The number of aryl methyl sites for hydroxylation is 2. The first-order chi connectivity index (χ1) is 10.2. The summed E-state index contributed by atoms with van der Waals surface area (Å²) in [4.78, 5) is 8.24. The molecule has 0 bridgehead atoms. The summed E-state index contributed by atoms with van der Waals surface area (Å²) >= 11 is 0. The minimum absolute atomic E-state index is 0.238. The lowest BCUT2D eigenvalue weighted by Gasteiger charge is -2.14. The lowest BCUT2D eigenvalue weighted by Crippen LogP contribution is -2.26. The minimum Gasteiger partial charge on any atom is -0.491 e. The third-order valence-corrected chi connectivity index (χ3v) is 3.07. The Bertz CT molecular complexity index is 558. The zero-order valence-electron chi connectivity index (χ0n) is 12.4. The molecule has 0 fully saturated rings. The zero-order valence-corrected chi connectivity index (χ0v) is 12.4. The molecule has 0 aliphatic rings. The highest BCUT2D eigenvalue weighted by atomic mass is 16.5. The van der Waals surface area contributed by atoms with Crippen LogP contribution in [0.1, 0.15) is 18.2 Å². The van der Waals surface area contributed by atoms with Gasteiger partial charge in [0.1, 0.15) is 30.6 Å². The molecule has 5 heteroatoms. The van der Waals surface area contributed by atoms with Gasteiger partial charge < -0.3 is 15.2 Å². The number of hydrogen-bond acceptors (Lipinski definition) is 5. The first-order valence-electron chi connectivity index (χ1n) is 7.09. The molecule has 0 saturated heterocycles. The quantitative estimate of drug-likeness (QED) is 0.817. The highest BCUT2D eigenvalue weighted by molar-refractivity contribution is 5.34. The van der Waals surface area contributed by atoms with E-state index >= 15 is 0 Å². The number of nitrogens with zero attached hydrogens (tertiary/aromatic N) is 2. The molecule has 0 saturated carbocycles. The smallest absolute Gasteiger partial charge is 0.129 e. The number of ether oxygens (including phenoxy) is 1. The molecule has 0 spiro atoms. The van der Waals surface area contributed by atoms with Gasteiger partial charge in [-0.3, -0.25) is 0 Å². The molecule has 1 atom stereocenters. The Balaban J connectivity index is 1.76. The van der Waals surface area contributed by atoms with Gasteiger partial charge in [0.05, 0.1) is 0 Å². The van der Waals surface area contributed by atoms with Crippen LogP contribution >= 0.6 is 0 Å². The van der Waals surface area contributed by atoms with Gasteiger partial charge in [0.15, 0.2) is 0 Å². The summed E-state index contributed by atoms with van der Waals surface area (Å²) < 4.78 is 5.53. The monoisotopic (exact) mass is 287 g/mol. The third-order valence-electron chi connectivity index (χ3n) is 3.07. The van der Waals surface area contributed by atoms with Crippen molar-refractivity contribution < 1.29 is 9.84 Å². The number of aliphatic hydroxyl groups is 1. The van der Waals surface area contributed by atoms with E-state index in [2.05, 4.69) is 15.3 Å². The minimum atomic E-state index is -0.605. The van der Waals surface area contributed by atoms with Gasteiger partial charge in [0.25, 0.3) is 0 Å². The molecule has 0 radical (unpaired) electrons. The molecule has 1 unspecified atom stereocenters. The van der Waals surface area contributed by atoms with Crippen LogP contribution in [0, 0.1) is 6.92 Å². The number of aliphatic hydroxyl groups excluding tert-OH is 1. The number of nitrogens with one attached hydrogen (secondary N) is 1. The molecule has 0 aliphatic carbocycles. The lowest BCUT2D eigenvalue weighted by molar-refractivity contribution is 0.117. The van der Waals surface area contributed by atoms with Crippen LogP contribution in [0.5, 0.6) is 5.75 Å². The SMILES string of the molecule is CCc1cc(NCC(O)COc2ccc(C)cc2)ncn1. The number of anilines is 1. The first kappa shape index (κ1) is 15.3. The van der Waals surface area contributed by atoms with Gasteiger partial charge in [-0.05, 0) is 25.5 Å². The van der Waals surface area contributed by atoms with Crippen molar-refractivity contribution >= 4 is 5.82 Å². The highest BCUT2D eigenvalue weighted by Crippen LogP contribution is 2.11. The highest BCUT2D eigenvalue weighted by Gasteiger charge is 2.06. The third kappa shape index (κ3) is 5.04. The Morgan fingerprint density at radius 1 is 1.24 bits per heavy atom. The van der Waals surface area contributed by atoms with Crippen LogP contribution in [0.4, 0.5) is 5.82 Å². The van der Waals surface area contributed by atoms with Crippen LogP contribution in [0.3, 0.4) is 0 Å². The predicted octanol–water partition coefficient (Wildman–Crippen LogP) is 2.20. The van der Waals surface area contributed by atoms with E-state index in [0.29, 0.717) is 6.54 Å². The standard InChI is InChI=1S/C16H21N3O2/c1-3-13-8-16(19-11-18-13)17-9-14(20)10-21-15-6-4-12(2)5-7-15/h4-8,11,14,20H,3,9-10H2,1-2H3,(H,17,18,19). The van der Waals surface area contributed by atoms with Crippen molar-refractivity contribution in [3.63, 3.8) is 0 Å². The molecular weight excluding hydrogens is 266 g/mol. The lowest BCUT2D eigenvalue weighted by atomic mass is 10.2. The largest absolute Gasteiger partial charge is 0.491 e. The van der Waals surface area contributed by atoms with Gasteiger partial charge in [-0.15, -0.1) is 0 Å². The molecule has 1 aromatic heterocycles. The molecule has 0 aliphatic heterocycles. The Labute approximate surface area is 125 Å². The van der Waals surface area contributed by atoms with E-state index in [9.17, 15) is 5.11 Å². The van der Waals surface area contributed by atoms with E-state index in [1.807, 2.05) is 44.2 Å². The maximum Gasteiger partial charge on any atom is 0.129 e. The fourth-order valence-corrected chi connectivity index (χ4v) is 1.80. The second-order valence-electron chi connectivity index (χ2n) is 4.91. The molecule has 1 aromatic carbocycles. The zero-order chi connectivity index (χ0) is 15.1. The number of benzene rings is 1. The molecule has 21 heavy (non-hydrogen) atoms. The molecule has 1 heterocycles. The average Bonchev–Trinajstić information content (AvgIpc) is 2.52. The summed E-state index contributed by atoms with van der Waals surface area (Å²) in [6.07, 6.45) is 1.78. The molecule has 2 N–H and O–H groups in total. The van der Waals surface area contributed by atoms with E-state index in [0.717, 1.165) is 23.7 Å². The normalized spacial score (nSPS) is 12.0. The maximum absolute atomic E-state index is 9.92. The van der Waals surface area contributed by atoms with E-state index in [1.165, 1.54) is 11.9 Å². The van der Waals surface area contributed by atoms with Gasteiger partial charge >= 0.3 is 0 Å². The van der Waals surface area contributed by atoms with E-state index in [1.54, 1.807) is 0 Å². The van der Waals surface area contributed by atoms with Gasteiger partial charge in [0, 0.05) is 18.3 Å². The van der Waals surface area contributed by atoms with Crippen LogP contribution in [-0.4, -0.2) is 34.3 Å². The van der Waals surface area contributed by atoms with Crippen molar-refractivity contribution in [2.45, 2.75) is 26.4 Å². The Kier molecular flexibility index (Phi) is 5.51. The Morgan fingerprint density at radius 2 is 2.00 bits per heavy atom. The van der Waals surface area contributed by atoms with E-state index in [-0.39, 0.29) is 6.61 Å². The predicted molar refractivity (Wildman–Crippen MR) is 82.6 cm³/mol. The van der Waals surface area contributed by atoms with Crippen LogP contribution in [0.2, 0.25) is 0 Å². The van der Waals surface area contributed by atoms with Crippen molar-refractivity contribution in [3.8, 4) is 5.75 Å². The number of rotatable bonds is 7. The van der Waals surface area contributed by atoms with Gasteiger partial charge in [-0.25, -0.2) is 9.97 Å². The summed E-state index contributed by atoms with van der Waals surface area (Å²) in [5.74, 6) is 1.48. The summed E-state index contributed by atoms with van der Waals surface area (Å²) in [5.41, 5.74) is 2.15. The molecule has 0 amide bonds. The van der Waals surface area contributed by atoms with Crippen molar-refractivity contribution in [1.29, 1.82) is 0 Å². The second kappa shape index (κ2) is 7.59. The van der Waals surface area contributed by atoms with Gasteiger partial charge in [-0.1, -0.05) is 24.6 Å². The Hall–Kier alpha value is -2.14. The fourth-order valence-electron chi connectivity index (χ4n) is 1.80. The van der Waals surface area contributed by atoms with Crippen LogP contribution < -0.4 is 10.1 Å². The topological polar surface area (TPSA) is 67.3 Å². The maximum atomic E-state index is 9.92. The Morgan fingerprint density at radius 3 is 2.71 bits per heavy atom. The molecule has 5 nitrogen and oxygen atoms in total. The fraction of sp³-hybridized carbons (Fsp3) is 0.375. The van der Waals surface area contributed by atoms with E-state index < -0.39 is 6.10 Å². The number of hydrogen-bond donors (Lipinski definition) is 2. The van der Waals surface area contributed by atoms with Crippen molar-refractivity contribution in [2.24, 2.45) is 0 Å². The van der Waals surface area contributed by atoms with Gasteiger partial charge in [0.2, 0.25) is 0 Å². The van der Waals surface area contributed by atoms with Gasteiger partial charge in [-0.2, -0.15) is 0 Å².